The third-order valence-corrected chi connectivity index (χ3v) is 5.79. The number of fused-ring (bicyclic) bond motifs is 3. The van der Waals surface area contributed by atoms with Crippen molar-refractivity contribution in [3.05, 3.63) is 48.0 Å². The Hall–Kier alpha value is -2.47. The first-order valence-corrected chi connectivity index (χ1v) is 9.55. The van der Waals surface area contributed by atoms with E-state index in [0.29, 0.717) is 11.6 Å². The van der Waals surface area contributed by atoms with E-state index in [9.17, 15) is 4.79 Å². The van der Waals surface area contributed by atoms with Crippen LogP contribution in [0.25, 0.3) is 21.8 Å². The first-order valence-electron chi connectivity index (χ1n) is 8.39. The van der Waals surface area contributed by atoms with Gasteiger partial charge >= 0.3 is 0 Å². The lowest BCUT2D eigenvalue weighted by molar-refractivity contribution is 0.100. The molecule has 25 heavy (non-hydrogen) atoms. The highest BCUT2D eigenvalue weighted by Gasteiger charge is 2.21. The Kier molecular flexibility index (Phi) is 4.13. The predicted molar refractivity (Wildman–Crippen MR) is 105 cm³/mol. The normalized spacial score (nSPS) is 15.5. The van der Waals surface area contributed by atoms with Gasteiger partial charge in [0.2, 0.25) is 0 Å². The van der Waals surface area contributed by atoms with Crippen LogP contribution in [0.3, 0.4) is 0 Å². The van der Waals surface area contributed by atoms with E-state index in [1.54, 1.807) is 6.07 Å². The number of para-hydroxylation sites is 1. The standard InChI is InChI=1S/C19H20N4OS/c20-19(21)22-18(24)12-5-6-15-14-3-1-2-4-16(14)23(17(15)11-12)13-7-9-25-10-8-13/h1-6,11,13H,7-10H2,(H4,20,21,22,24). The summed E-state index contributed by atoms with van der Waals surface area (Å²) in [5.41, 5.74) is 13.5. The molecular weight excluding hydrogens is 332 g/mol. The number of hydrogen-bond acceptors (Lipinski definition) is 2. The lowest BCUT2D eigenvalue weighted by Gasteiger charge is -2.25. The first kappa shape index (κ1) is 16.0. The summed E-state index contributed by atoms with van der Waals surface area (Å²) in [6.45, 7) is 0. The monoisotopic (exact) mass is 352 g/mol. The lowest BCUT2D eigenvalue weighted by Crippen LogP contribution is -2.24. The van der Waals surface area contributed by atoms with Gasteiger partial charge in [-0.1, -0.05) is 24.3 Å². The van der Waals surface area contributed by atoms with Crippen LogP contribution >= 0.6 is 11.8 Å². The highest BCUT2D eigenvalue weighted by molar-refractivity contribution is 7.99. The zero-order valence-electron chi connectivity index (χ0n) is 13.8. The molecule has 0 aliphatic carbocycles. The van der Waals surface area contributed by atoms with E-state index in [2.05, 4.69) is 33.8 Å². The fraction of sp³-hybridized carbons (Fsp3) is 0.263. The number of guanidine groups is 1. The number of nitrogens with zero attached hydrogens (tertiary/aromatic N) is 2. The molecule has 2 heterocycles. The number of aromatic nitrogens is 1. The fourth-order valence-electron chi connectivity index (χ4n) is 3.65. The number of rotatable bonds is 2. The highest BCUT2D eigenvalue weighted by Crippen LogP contribution is 2.37. The topological polar surface area (TPSA) is 86.4 Å². The van der Waals surface area contributed by atoms with Crippen LogP contribution < -0.4 is 11.5 Å². The van der Waals surface area contributed by atoms with Crippen molar-refractivity contribution in [3.63, 3.8) is 0 Å². The third kappa shape index (κ3) is 2.87. The summed E-state index contributed by atoms with van der Waals surface area (Å²) in [5.74, 6) is 1.73. The minimum atomic E-state index is -0.405. The largest absolute Gasteiger partial charge is 0.370 e. The number of benzene rings is 2. The van der Waals surface area contributed by atoms with Gasteiger partial charge in [-0.25, -0.2) is 0 Å². The van der Waals surface area contributed by atoms with E-state index in [0.717, 1.165) is 23.7 Å². The molecule has 0 bridgehead atoms. The number of amides is 1. The molecule has 0 radical (unpaired) electrons. The number of hydrogen-bond donors (Lipinski definition) is 2. The van der Waals surface area contributed by atoms with E-state index in [1.165, 1.54) is 22.4 Å². The van der Waals surface area contributed by atoms with Gasteiger partial charge in [0.1, 0.15) is 0 Å². The van der Waals surface area contributed by atoms with Gasteiger partial charge < -0.3 is 16.0 Å². The zero-order chi connectivity index (χ0) is 17.4. The van der Waals surface area contributed by atoms with Gasteiger partial charge in [0, 0.05) is 27.9 Å². The van der Waals surface area contributed by atoms with Crippen LogP contribution in [-0.4, -0.2) is 27.9 Å². The Morgan fingerprint density at radius 3 is 2.52 bits per heavy atom. The lowest BCUT2D eigenvalue weighted by atomic mass is 10.1. The van der Waals surface area contributed by atoms with Gasteiger partial charge in [-0.15, -0.1) is 0 Å². The van der Waals surface area contributed by atoms with Crippen molar-refractivity contribution in [2.45, 2.75) is 18.9 Å². The van der Waals surface area contributed by atoms with Gasteiger partial charge in [-0.05, 0) is 42.5 Å². The number of carbonyl (C=O) groups is 1. The average Bonchev–Trinajstić information content (AvgIpc) is 2.95. The molecule has 128 valence electrons. The Balaban J connectivity index is 1.95. The van der Waals surface area contributed by atoms with E-state index in [1.807, 2.05) is 23.9 Å². The molecule has 6 heteroatoms. The Bertz CT molecular complexity index is 982. The fourth-order valence-corrected chi connectivity index (χ4v) is 4.73. The molecule has 0 atom stereocenters. The summed E-state index contributed by atoms with van der Waals surface area (Å²) < 4.78 is 2.40. The molecule has 3 aromatic rings. The smallest absolute Gasteiger partial charge is 0.280 e. The molecule has 4 rings (SSSR count). The van der Waals surface area contributed by atoms with Gasteiger partial charge in [-0.3, -0.25) is 4.79 Å². The molecule has 1 saturated heterocycles. The summed E-state index contributed by atoms with van der Waals surface area (Å²) in [6, 6.07) is 14.6. The summed E-state index contributed by atoms with van der Waals surface area (Å²) >= 11 is 2.01. The van der Waals surface area contributed by atoms with E-state index < -0.39 is 5.91 Å². The second kappa shape index (κ2) is 6.44. The number of aliphatic imine (C=N–C) groups is 1. The van der Waals surface area contributed by atoms with Crippen LogP contribution in [0.15, 0.2) is 47.5 Å². The first-order chi connectivity index (χ1) is 12.1. The molecule has 2 aromatic carbocycles. The van der Waals surface area contributed by atoms with Crippen LogP contribution in [0.2, 0.25) is 0 Å². The minimum absolute atomic E-state index is 0.213. The van der Waals surface area contributed by atoms with Crippen molar-refractivity contribution < 1.29 is 4.79 Å². The van der Waals surface area contributed by atoms with Gasteiger partial charge in [0.25, 0.3) is 5.91 Å². The van der Waals surface area contributed by atoms with Crippen LogP contribution in [-0.2, 0) is 0 Å². The molecule has 0 spiro atoms. The highest BCUT2D eigenvalue weighted by atomic mass is 32.2. The molecule has 1 aliphatic rings. The predicted octanol–water partition coefficient (Wildman–Crippen LogP) is 3.28. The van der Waals surface area contributed by atoms with E-state index in [-0.39, 0.29) is 5.96 Å². The molecule has 5 nitrogen and oxygen atoms in total. The second-order valence-corrected chi connectivity index (χ2v) is 7.53. The SMILES string of the molecule is NC(N)=NC(=O)c1ccc2c3ccccc3n(C3CCSCC3)c2c1. The quantitative estimate of drug-likeness (QED) is 0.547. The van der Waals surface area contributed by atoms with Crippen molar-refractivity contribution in [2.24, 2.45) is 16.5 Å². The Morgan fingerprint density at radius 1 is 1.04 bits per heavy atom. The molecule has 4 N–H and O–H groups in total. The Labute approximate surface area is 150 Å². The summed E-state index contributed by atoms with van der Waals surface area (Å²) in [4.78, 5) is 15.9. The molecule has 0 unspecified atom stereocenters. The van der Waals surface area contributed by atoms with Crippen LogP contribution in [0.5, 0.6) is 0 Å². The molecule has 1 fully saturated rings. The van der Waals surface area contributed by atoms with Crippen molar-refractivity contribution in [1.82, 2.24) is 4.57 Å². The van der Waals surface area contributed by atoms with Crippen LogP contribution in [0.1, 0.15) is 29.2 Å². The van der Waals surface area contributed by atoms with E-state index >= 15 is 0 Å². The number of nitrogens with two attached hydrogens (primary N) is 2. The maximum atomic E-state index is 12.2. The van der Waals surface area contributed by atoms with Crippen molar-refractivity contribution in [1.29, 1.82) is 0 Å². The Morgan fingerprint density at radius 2 is 1.76 bits per heavy atom. The summed E-state index contributed by atoms with van der Waals surface area (Å²) in [7, 11) is 0. The minimum Gasteiger partial charge on any atom is -0.370 e. The van der Waals surface area contributed by atoms with Crippen LogP contribution in [0.4, 0.5) is 0 Å². The van der Waals surface area contributed by atoms with Crippen molar-refractivity contribution >= 4 is 45.4 Å². The van der Waals surface area contributed by atoms with Gasteiger partial charge in [0.05, 0.1) is 5.52 Å². The molecule has 1 aromatic heterocycles. The molecule has 1 aliphatic heterocycles. The summed E-state index contributed by atoms with van der Waals surface area (Å²) in [5, 5.41) is 2.38. The number of carbonyl (C=O) groups excluding carboxylic acids is 1. The van der Waals surface area contributed by atoms with Gasteiger partial charge in [0.15, 0.2) is 5.96 Å². The van der Waals surface area contributed by atoms with Crippen molar-refractivity contribution in [2.75, 3.05) is 11.5 Å². The molecule has 1 amide bonds. The van der Waals surface area contributed by atoms with Crippen molar-refractivity contribution in [3.8, 4) is 0 Å². The molecule has 0 saturated carbocycles. The second-order valence-electron chi connectivity index (χ2n) is 6.30. The summed E-state index contributed by atoms with van der Waals surface area (Å²) in [6.07, 6.45) is 2.29. The maximum absolute atomic E-state index is 12.2. The number of thioether (sulfide) groups is 1. The van der Waals surface area contributed by atoms with E-state index in [4.69, 9.17) is 11.5 Å². The van der Waals surface area contributed by atoms with Crippen LogP contribution in [0, 0.1) is 0 Å². The molecular formula is C19H20N4OS. The van der Waals surface area contributed by atoms with Gasteiger partial charge in [-0.2, -0.15) is 16.8 Å². The average molecular weight is 352 g/mol. The maximum Gasteiger partial charge on any atom is 0.280 e. The third-order valence-electron chi connectivity index (χ3n) is 4.74. The zero-order valence-corrected chi connectivity index (χ0v) is 14.6.